The van der Waals surface area contributed by atoms with E-state index in [1.165, 1.54) is 6.11 Å². The Hall–Kier alpha value is -0.254. The Balaban J connectivity index is 0. The molecule has 0 unspecified atom stereocenters. The van der Waals surface area contributed by atoms with Crippen molar-refractivity contribution >= 4 is 0 Å². The smallest absolute Gasteiger partial charge is 0.0234 e. The molecule has 0 heterocycles. The third kappa shape index (κ3) is 10.7. The van der Waals surface area contributed by atoms with Crippen LogP contribution in [-0.2, 0) is 31.7 Å². The predicted molar refractivity (Wildman–Crippen MR) is 13.0 cm³/mol. The van der Waals surface area contributed by atoms with Crippen molar-refractivity contribution in [3.05, 3.63) is 6.42 Å². The van der Waals surface area contributed by atoms with Gasteiger partial charge >= 0.3 is 0 Å². The molecule has 0 saturated heterocycles. The zero-order valence-corrected chi connectivity index (χ0v) is 4.05. The van der Waals surface area contributed by atoms with Gasteiger partial charge in [-0.1, -0.05) is 6.11 Å². The fourth-order valence-electron chi connectivity index (χ4n) is 0.0322. The zero-order valence-electron chi connectivity index (χ0n) is 3.01. The Labute approximate surface area is 50.3 Å². The molecule has 0 aliphatic rings. The Morgan fingerprint density at radius 3 is 2.29 bits per heavy atom. The van der Waals surface area contributed by atoms with E-state index in [1.54, 1.807) is 0 Å². The van der Waals surface area contributed by atoms with Gasteiger partial charge in [-0.25, -0.2) is 5.26 Å². The van der Waals surface area contributed by atoms with E-state index in [2.05, 4.69) is 15.0 Å². The van der Waals surface area contributed by atoms with Crippen LogP contribution in [0.15, 0.2) is 0 Å². The normalized spacial score (nSPS) is 5.71. The minimum Gasteiger partial charge on any atom is -0.644 e. The van der Waals surface area contributed by atoms with E-state index in [9.17, 15) is 0 Å². The molecule has 43 valence electrons. The maximum atomic E-state index is 7.23. The number of hydrogen-bond acceptors (Lipinski definition) is 4. The molecule has 0 rings (SSSR count). The Morgan fingerprint density at radius 2 is 2.14 bits per heavy atom. The second-order valence-electron chi connectivity index (χ2n) is 0.328. The summed E-state index contributed by atoms with van der Waals surface area (Å²) in [5.41, 5.74) is 0. The monoisotopic (exact) mass is 148 g/mol. The van der Waals surface area contributed by atoms with E-state index >= 15 is 0 Å². The molecule has 0 aromatic carbocycles. The standard InChI is InChI=1S/C2HO4.Co/c1-2-4-6-5-3;/h3H;/q-1;. The van der Waals surface area contributed by atoms with Gasteiger partial charge in [0.2, 0.25) is 0 Å². The summed E-state index contributed by atoms with van der Waals surface area (Å²) in [5, 5.41) is 13.3. The van der Waals surface area contributed by atoms with E-state index in [-0.39, 0.29) is 16.8 Å². The number of rotatable bonds is 2. The third-order valence-electron chi connectivity index (χ3n) is 0.106. The fourth-order valence-corrected chi connectivity index (χ4v) is 0.0322. The van der Waals surface area contributed by atoms with Crippen LogP contribution in [0, 0.1) is 12.5 Å². The van der Waals surface area contributed by atoms with E-state index in [0.717, 1.165) is 0 Å². The average Bonchev–Trinajstić information content (AvgIpc) is 1.61. The Bertz CT molecular complexity index is 57.2. The molecule has 1 N–H and O–H groups in total. The van der Waals surface area contributed by atoms with E-state index in [1.807, 2.05) is 0 Å². The van der Waals surface area contributed by atoms with Crippen molar-refractivity contribution in [2.24, 2.45) is 0 Å². The van der Waals surface area contributed by atoms with Gasteiger partial charge in [0.15, 0.2) is 0 Å². The summed E-state index contributed by atoms with van der Waals surface area (Å²) in [7, 11) is 0. The molecule has 0 aromatic heterocycles. The molecular formula is C2HCoO4-. The van der Waals surface area contributed by atoms with Gasteiger partial charge in [0.1, 0.15) is 0 Å². The van der Waals surface area contributed by atoms with Crippen LogP contribution in [0.2, 0.25) is 0 Å². The van der Waals surface area contributed by atoms with E-state index in [0.29, 0.717) is 0 Å². The van der Waals surface area contributed by atoms with Crippen LogP contribution >= 0.6 is 0 Å². The molecule has 0 spiro atoms. The van der Waals surface area contributed by atoms with Crippen LogP contribution in [-0.4, -0.2) is 5.26 Å². The summed E-state index contributed by atoms with van der Waals surface area (Å²) in [4.78, 5) is 3.43. The first-order chi connectivity index (χ1) is 2.91. The van der Waals surface area contributed by atoms with Crippen LogP contribution in [0.3, 0.4) is 0 Å². The SMILES string of the molecule is [C-]#COOOO.[Co]. The van der Waals surface area contributed by atoms with Gasteiger partial charge in [0.05, 0.1) is 0 Å². The van der Waals surface area contributed by atoms with Crippen LogP contribution in [0.5, 0.6) is 0 Å². The maximum Gasteiger partial charge on any atom is 0.0234 e. The molecule has 0 aliphatic carbocycles. The third-order valence-corrected chi connectivity index (χ3v) is 0.106. The molecule has 5 heteroatoms. The van der Waals surface area contributed by atoms with Crippen molar-refractivity contribution in [1.82, 2.24) is 0 Å². The van der Waals surface area contributed by atoms with Gasteiger partial charge in [-0.2, -0.15) is 0 Å². The van der Waals surface area contributed by atoms with Crippen molar-refractivity contribution in [1.29, 1.82) is 0 Å². The Morgan fingerprint density at radius 1 is 1.57 bits per heavy atom. The zero-order chi connectivity index (χ0) is 4.83. The Kier molecular flexibility index (Phi) is 13.0. The van der Waals surface area contributed by atoms with E-state index < -0.39 is 0 Å². The fraction of sp³-hybridized carbons (Fsp3) is 0. The summed E-state index contributed by atoms with van der Waals surface area (Å²) in [6.07, 6.45) is 7.23. The van der Waals surface area contributed by atoms with Crippen molar-refractivity contribution in [3.8, 4) is 6.11 Å². The summed E-state index contributed by atoms with van der Waals surface area (Å²) >= 11 is 0. The summed E-state index contributed by atoms with van der Waals surface area (Å²) in [6, 6.07) is 0. The van der Waals surface area contributed by atoms with Gasteiger partial charge < -0.3 is 6.42 Å². The van der Waals surface area contributed by atoms with Crippen LogP contribution < -0.4 is 0 Å². The molecule has 7 heavy (non-hydrogen) atoms. The summed E-state index contributed by atoms with van der Waals surface area (Å²) in [6.45, 7) is 0. The van der Waals surface area contributed by atoms with Gasteiger partial charge in [-0.3, -0.25) is 4.89 Å². The molecule has 0 atom stereocenters. The second-order valence-corrected chi connectivity index (χ2v) is 0.328. The molecule has 0 fully saturated rings. The minimum atomic E-state index is 0. The molecule has 4 nitrogen and oxygen atoms in total. The topological polar surface area (TPSA) is 47.9 Å². The van der Waals surface area contributed by atoms with Crippen molar-refractivity contribution in [3.63, 3.8) is 0 Å². The van der Waals surface area contributed by atoms with Gasteiger partial charge in [-0.05, 0) is 5.04 Å². The quantitative estimate of drug-likeness (QED) is 0.195. The molecule has 0 aromatic rings. The average molecular weight is 148 g/mol. The summed E-state index contributed by atoms with van der Waals surface area (Å²) in [5.74, 6) is 0. The molecule has 0 amide bonds. The molecule has 1 radical (unpaired) electrons. The molecule has 0 aliphatic heterocycles. The van der Waals surface area contributed by atoms with E-state index in [4.69, 9.17) is 11.7 Å². The molecule has 0 saturated carbocycles. The predicted octanol–water partition coefficient (Wildman–Crippen LogP) is -0.116. The van der Waals surface area contributed by atoms with Gasteiger partial charge in [0, 0.05) is 21.8 Å². The molecular weight excluding hydrogens is 147 g/mol. The van der Waals surface area contributed by atoms with Crippen LogP contribution in [0.1, 0.15) is 0 Å². The van der Waals surface area contributed by atoms with Crippen molar-refractivity contribution in [2.75, 3.05) is 0 Å². The van der Waals surface area contributed by atoms with Crippen LogP contribution in [0.4, 0.5) is 0 Å². The molecule has 0 bridgehead atoms. The van der Waals surface area contributed by atoms with Crippen molar-refractivity contribution in [2.45, 2.75) is 0 Å². The minimum absolute atomic E-state index is 0. The summed E-state index contributed by atoms with van der Waals surface area (Å²) < 4.78 is 0. The first-order valence-corrected chi connectivity index (χ1v) is 0.970. The van der Waals surface area contributed by atoms with Crippen LogP contribution in [0.25, 0.3) is 0 Å². The maximum absolute atomic E-state index is 7.23. The second kappa shape index (κ2) is 9.22. The van der Waals surface area contributed by atoms with Gasteiger partial charge in [-0.15, -0.1) is 0 Å². The van der Waals surface area contributed by atoms with Crippen molar-refractivity contribution < 1.29 is 37.0 Å². The van der Waals surface area contributed by atoms with Gasteiger partial charge in [0.25, 0.3) is 0 Å². The first-order valence-electron chi connectivity index (χ1n) is 0.970. The number of hydrogen-bond donors (Lipinski definition) is 1. The largest absolute Gasteiger partial charge is 0.644 e. The first kappa shape index (κ1) is 9.89.